The van der Waals surface area contributed by atoms with Crippen molar-refractivity contribution < 1.29 is 8.76 Å². The van der Waals surface area contributed by atoms with Crippen molar-refractivity contribution in [3.05, 3.63) is 15.9 Å². The Kier molecular flexibility index (Phi) is 2.40. The van der Waals surface area contributed by atoms with Crippen molar-refractivity contribution in [1.29, 1.82) is 0 Å². The van der Waals surface area contributed by atoms with Crippen molar-refractivity contribution in [2.75, 3.05) is 0 Å². The molecule has 0 aliphatic carbocycles. The molecule has 9 heavy (non-hydrogen) atoms. The lowest BCUT2D eigenvalue weighted by molar-refractivity contribution is 0.566. The Morgan fingerprint density at radius 1 is 1.78 bits per heavy atom. The molecule has 0 saturated carbocycles. The molecule has 1 atom stereocenters. The first-order valence-corrected chi connectivity index (χ1v) is 4.83. The van der Waals surface area contributed by atoms with Crippen LogP contribution in [0.25, 0.3) is 0 Å². The van der Waals surface area contributed by atoms with E-state index in [0.29, 0.717) is 4.21 Å². The van der Waals surface area contributed by atoms with Crippen molar-refractivity contribution in [2.24, 2.45) is 0 Å². The predicted octanol–water partition coefficient (Wildman–Crippen LogP) is 2.09. The highest BCUT2D eigenvalue weighted by atomic mass is 79.9. The summed E-state index contributed by atoms with van der Waals surface area (Å²) in [5.41, 5.74) is 0. The average molecular weight is 227 g/mol. The Hall–Kier alpha value is 0.290. The third-order valence-corrected chi connectivity index (χ3v) is 3.38. The molecule has 0 aliphatic rings. The van der Waals surface area contributed by atoms with Crippen molar-refractivity contribution in [3.8, 4) is 0 Å². The third kappa shape index (κ3) is 1.86. The number of hydrogen-bond acceptors (Lipinski definition) is 2. The maximum absolute atomic E-state index is 10.3. The monoisotopic (exact) mass is 226 g/mol. The Bertz CT molecular complexity index is 232. The Balaban J connectivity index is 2.98. The summed E-state index contributed by atoms with van der Waals surface area (Å²) in [6, 6.07) is 1.63. The van der Waals surface area contributed by atoms with Gasteiger partial charge in [-0.2, -0.15) is 0 Å². The van der Waals surface area contributed by atoms with Crippen LogP contribution in [0.5, 0.6) is 0 Å². The van der Waals surface area contributed by atoms with E-state index >= 15 is 0 Å². The summed E-state index contributed by atoms with van der Waals surface area (Å²) in [5.74, 6) is 0. The zero-order valence-electron chi connectivity index (χ0n) is 4.20. The summed E-state index contributed by atoms with van der Waals surface area (Å²) in [5, 5.41) is 1.77. The summed E-state index contributed by atoms with van der Waals surface area (Å²) in [7, 11) is 0. The molecule has 0 bridgehead atoms. The molecule has 0 amide bonds. The van der Waals surface area contributed by atoms with Crippen LogP contribution >= 0.6 is 27.3 Å². The van der Waals surface area contributed by atoms with E-state index < -0.39 is 11.1 Å². The van der Waals surface area contributed by atoms with Gasteiger partial charge in [0.2, 0.25) is 0 Å². The predicted molar refractivity (Wildman–Crippen MR) is 41.1 cm³/mol. The fraction of sp³-hybridized carbons (Fsp3) is 0. The average Bonchev–Trinajstić information content (AvgIpc) is 2.14. The van der Waals surface area contributed by atoms with Gasteiger partial charge < -0.3 is 4.55 Å². The van der Waals surface area contributed by atoms with Gasteiger partial charge in [-0.3, -0.25) is 0 Å². The second-order valence-electron chi connectivity index (χ2n) is 1.33. The molecule has 2 nitrogen and oxygen atoms in total. The molecule has 0 fully saturated rings. The van der Waals surface area contributed by atoms with Crippen LogP contribution in [-0.4, -0.2) is 8.76 Å². The smallest absolute Gasteiger partial charge is 0.196 e. The minimum Gasteiger partial charge on any atom is -0.302 e. The second kappa shape index (κ2) is 2.92. The van der Waals surface area contributed by atoms with E-state index in [9.17, 15) is 4.21 Å². The van der Waals surface area contributed by atoms with E-state index in [1.54, 1.807) is 11.4 Å². The van der Waals surface area contributed by atoms with Crippen LogP contribution < -0.4 is 0 Å². The van der Waals surface area contributed by atoms with Crippen molar-refractivity contribution >= 4 is 38.3 Å². The fourth-order valence-corrected chi connectivity index (χ4v) is 2.39. The Morgan fingerprint density at radius 3 is 2.67 bits per heavy atom. The highest BCUT2D eigenvalue weighted by Gasteiger charge is 2.01. The van der Waals surface area contributed by atoms with E-state index in [0.717, 1.165) is 4.47 Å². The first-order valence-electron chi connectivity index (χ1n) is 2.05. The van der Waals surface area contributed by atoms with Gasteiger partial charge in [-0.1, -0.05) is 0 Å². The summed E-state index contributed by atoms with van der Waals surface area (Å²) in [6.07, 6.45) is 0. The SMILES string of the molecule is O=S(O)c1cc(Br)cs1. The van der Waals surface area contributed by atoms with Crippen LogP contribution in [0.2, 0.25) is 0 Å². The van der Waals surface area contributed by atoms with Crippen molar-refractivity contribution in [2.45, 2.75) is 4.21 Å². The van der Waals surface area contributed by atoms with Gasteiger partial charge in [0.1, 0.15) is 4.21 Å². The van der Waals surface area contributed by atoms with Crippen LogP contribution in [0, 0.1) is 0 Å². The largest absolute Gasteiger partial charge is 0.302 e. The standard InChI is InChI=1S/C4H3BrO2S2/c5-3-1-4(8-2-3)9(6)7/h1-2H,(H,6,7). The number of halogens is 1. The van der Waals surface area contributed by atoms with Gasteiger partial charge in [0.15, 0.2) is 11.1 Å². The molecule has 1 aromatic rings. The van der Waals surface area contributed by atoms with Gasteiger partial charge in [0, 0.05) is 9.85 Å². The molecule has 0 saturated heterocycles. The molecular weight excluding hydrogens is 224 g/mol. The molecule has 1 N–H and O–H groups in total. The first-order chi connectivity index (χ1) is 4.20. The summed E-state index contributed by atoms with van der Waals surface area (Å²) < 4.78 is 20.1. The quantitative estimate of drug-likeness (QED) is 0.746. The first kappa shape index (κ1) is 7.40. The van der Waals surface area contributed by atoms with Crippen LogP contribution in [0.15, 0.2) is 20.1 Å². The topological polar surface area (TPSA) is 37.3 Å². The van der Waals surface area contributed by atoms with E-state index in [1.807, 2.05) is 0 Å². The van der Waals surface area contributed by atoms with E-state index in [-0.39, 0.29) is 0 Å². The van der Waals surface area contributed by atoms with Crippen molar-refractivity contribution in [3.63, 3.8) is 0 Å². The lowest BCUT2D eigenvalue weighted by atomic mass is 10.7. The maximum Gasteiger partial charge on any atom is 0.196 e. The number of thiophene rings is 1. The van der Waals surface area contributed by atoms with Gasteiger partial charge in [0.05, 0.1) is 0 Å². The minimum absolute atomic E-state index is 0.474. The van der Waals surface area contributed by atoms with Crippen LogP contribution in [0.3, 0.4) is 0 Å². The zero-order chi connectivity index (χ0) is 6.85. The molecule has 1 aromatic heterocycles. The van der Waals surface area contributed by atoms with Gasteiger partial charge in [-0.05, 0) is 22.0 Å². The van der Waals surface area contributed by atoms with Gasteiger partial charge in [0.25, 0.3) is 0 Å². The molecule has 50 valence electrons. The highest BCUT2D eigenvalue weighted by molar-refractivity contribution is 9.10. The van der Waals surface area contributed by atoms with E-state index in [1.165, 1.54) is 11.3 Å². The Morgan fingerprint density at radius 2 is 2.44 bits per heavy atom. The summed E-state index contributed by atoms with van der Waals surface area (Å²) >= 11 is 2.61. The lowest BCUT2D eigenvalue weighted by Gasteiger charge is -1.80. The van der Waals surface area contributed by atoms with Crippen LogP contribution in [0.4, 0.5) is 0 Å². The van der Waals surface area contributed by atoms with Crippen LogP contribution in [-0.2, 0) is 11.1 Å². The molecule has 1 unspecified atom stereocenters. The number of hydrogen-bond donors (Lipinski definition) is 1. The van der Waals surface area contributed by atoms with Crippen LogP contribution in [0.1, 0.15) is 0 Å². The molecule has 0 aliphatic heterocycles. The highest BCUT2D eigenvalue weighted by Crippen LogP contribution is 2.21. The molecule has 5 heteroatoms. The third-order valence-electron chi connectivity index (χ3n) is 0.716. The normalized spacial score (nSPS) is 13.6. The van der Waals surface area contributed by atoms with E-state index in [4.69, 9.17) is 4.55 Å². The Labute approximate surface area is 67.3 Å². The molecule has 1 heterocycles. The fourth-order valence-electron chi connectivity index (χ4n) is 0.387. The second-order valence-corrected chi connectivity index (χ2v) is 4.36. The number of rotatable bonds is 1. The molecule has 0 aromatic carbocycles. The summed E-state index contributed by atoms with van der Waals surface area (Å²) in [4.78, 5) is 0. The van der Waals surface area contributed by atoms with Crippen molar-refractivity contribution in [1.82, 2.24) is 0 Å². The maximum atomic E-state index is 10.3. The zero-order valence-corrected chi connectivity index (χ0v) is 7.42. The summed E-state index contributed by atoms with van der Waals surface area (Å²) in [6.45, 7) is 0. The van der Waals surface area contributed by atoms with E-state index in [2.05, 4.69) is 15.9 Å². The minimum atomic E-state index is -1.82. The van der Waals surface area contributed by atoms with Gasteiger partial charge in [-0.15, -0.1) is 11.3 Å². The van der Waals surface area contributed by atoms with Gasteiger partial charge >= 0.3 is 0 Å². The lowest BCUT2D eigenvalue weighted by Crippen LogP contribution is -1.79. The molecular formula is C4H3BrO2S2. The van der Waals surface area contributed by atoms with Gasteiger partial charge in [-0.25, -0.2) is 4.21 Å². The molecule has 0 radical (unpaired) electrons. The molecule has 0 spiro atoms. The molecule has 1 rings (SSSR count).